The van der Waals surface area contributed by atoms with Crippen LogP contribution in [0.1, 0.15) is 6.42 Å². The zero-order valence-corrected chi connectivity index (χ0v) is 11.8. The highest BCUT2D eigenvalue weighted by Crippen LogP contribution is 2.24. The lowest BCUT2D eigenvalue weighted by Gasteiger charge is -2.06. The van der Waals surface area contributed by atoms with Crippen LogP contribution in [0.5, 0.6) is 0 Å². The van der Waals surface area contributed by atoms with Gasteiger partial charge in [0.15, 0.2) is 15.4 Å². The second kappa shape index (κ2) is 4.99. The number of hydrogen-bond acceptors (Lipinski definition) is 7. The van der Waals surface area contributed by atoms with Crippen molar-refractivity contribution in [3.8, 4) is 0 Å². The van der Waals surface area contributed by atoms with Gasteiger partial charge in [-0.15, -0.1) is 0 Å². The van der Waals surface area contributed by atoms with Crippen LogP contribution >= 0.6 is 0 Å². The number of benzene rings is 1. The Morgan fingerprint density at radius 3 is 2.95 bits per heavy atom. The monoisotopic (exact) mass is 311 g/mol. The van der Waals surface area contributed by atoms with Crippen molar-refractivity contribution in [2.45, 2.75) is 6.42 Å². The number of sulfone groups is 1. The maximum absolute atomic E-state index is 11.4. The molecule has 2 aromatic rings. The first-order valence-corrected chi connectivity index (χ1v) is 8.24. The Kier molecular flexibility index (Phi) is 3.28. The normalized spacial score (nSPS) is 20.7. The number of nitro benzene ring substituents is 1. The number of fused-ring (bicyclic) bond motifs is 1. The fourth-order valence-corrected chi connectivity index (χ4v) is 4.23. The minimum atomic E-state index is -2.91. The fourth-order valence-electron chi connectivity index (χ4n) is 2.37. The topological polar surface area (TPSA) is 115 Å². The summed E-state index contributed by atoms with van der Waals surface area (Å²) in [5, 5.41) is 13.6. The molecule has 1 unspecified atom stereocenters. The van der Waals surface area contributed by atoms with E-state index >= 15 is 0 Å². The molecule has 3 rings (SSSR count). The first-order chi connectivity index (χ1) is 9.93. The average Bonchev–Trinajstić information content (AvgIpc) is 2.97. The zero-order valence-electron chi connectivity index (χ0n) is 11.0. The molecular weight excluding hydrogens is 298 g/mol. The van der Waals surface area contributed by atoms with E-state index in [1.54, 1.807) is 0 Å². The minimum Gasteiger partial charge on any atom is -0.424 e. The van der Waals surface area contributed by atoms with Crippen LogP contribution in [0.3, 0.4) is 0 Å². The van der Waals surface area contributed by atoms with Gasteiger partial charge in [-0.25, -0.2) is 8.42 Å². The zero-order chi connectivity index (χ0) is 15.0. The van der Waals surface area contributed by atoms with E-state index in [1.807, 2.05) is 0 Å². The molecule has 1 aromatic carbocycles. The predicted octanol–water partition coefficient (Wildman–Crippen LogP) is 1.58. The van der Waals surface area contributed by atoms with E-state index in [1.165, 1.54) is 18.2 Å². The van der Waals surface area contributed by atoms with Crippen LogP contribution in [0, 0.1) is 16.0 Å². The van der Waals surface area contributed by atoms with Crippen LogP contribution in [0.2, 0.25) is 0 Å². The summed E-state index contributed by atoms with van der Waals surface area (Å²) in [7, 11) is -2.91. The summed E-state index contributed by atoms with van der Waals surface area (Å²) in [5.41, 5.74) is 0.789. The van der Waals surface area contributed by atoms with Crippen LogP contribution in [0.4, 0.5) is 11.7 Å². The molecule has 1 aromatic heterocycles. The molecule has 1 atom stereocenters. The van der Waals surface area contributed by atoms with Gasteiger partial charge in [-0.2, -0.15) is 4.98 Å². The van der Waals surface area contributed by atoms with E-state index in [2.05, 4.69) is 10.3 Å². The number of aromatic nitrogens is 1. The Hall–Kier alpha value is -2.16. The number of non-ortho nitro benzene ring substituents is 1. The second-order valence-electron chi connectivity index (χ2n) is 5.08. The summed E-state index contributed by atoms with van der Waals surface area (Å²) >= 11 is 0. The van der Waals surface area contributed by atoms with E-state index in [-0.39, 0.29) is 29.1 Å². The standard InChI is InChI=1S/C12H13N3O5S/c16-15(17)9-1-2-11-10(5-9)14-12(20-11)13-6-8-3-4-21(18,19)7-8/h1-2,5,8H,3-4,6-7H2,(H,13,14). The number of nitro groups is 1. The van der Waals surface area contributed by atoms with E-state index < -0.39 is 14.8 Å². The van der Waals surface area contributed by atoms with Crippen molar-refractivity contribution in [1.29, 1.82) is 0 Å². The van der Waals surface area contributed by atoms with Crippen molar-refractivity contribution in [2.75, 3.05) is 23.4 Å². The number of nitrogens with one attached hydrogen (secondary N) is 1. The van der Waals surface area contributed by atoms with E-state index in [9.17, 15) is 18.5 Å². The molecular formula is C12H13N3O5S. The highest BCUT2D eigenvalue weighted by atomic mass is 32.2. The van der Waals surface area contributed by atoms with Gasteiger partial charge in [0.25, 0.3) is 11.7 Å². The third kappa shape index (κ3) is 2.97. The highest BCUT2D eigenvalue weighted by Gasteiger charge is 2.27. The van der Waals surface area contributed by atoms with Crippen LogP contribution in [-0.4, -0.2) is 36.4 Å². The summed E-state index contributed by atoms with van der Waals surface area (Å²) in [6.45, 7) is 0.453. The maximum Gasteiger partial charge on any atom is 0.295 e. The average molecular weight is 311 g/mol. The van der Waals surface area contributed by atoms with Gasteiger partial charge in [-0.3, -0.25) is 10.1 Å². The number of rotatable bonds is 4. The quantitative estimate of drug-likeness (QED) is 0.673. The second-order valence-corrected chi connectivity index (χ2v) is 7.31. The van der Waals surface area contributed by atoms with Gasteiger partial charge < -0.3 is 9.73 Å². The largest absolute Gasteiger partial charge is 0.424 e. The van der Waals surface area contributed by atoms with E-state index in [4.69, 9.17) is 4.42 Å². The van der Waals surface area contributed by atoms with Crippen LogP contribution in [-0.2, 0) is 9.84 Å². The number of oxazole rings is 1. The molecule has 0 aliphatic carbocycles. The Morgan fingerprint density at radius 2 is 2.29 bits per heavy atom. The molecule has 0 saturated carbocycles. The van der Waals surface area contributed by atoms with Crippen molar-refractivity contribution in [2.24, 2.45) is 5.92 Å². The van der Waals surface area contributed by atoms with Crippen molar-refractivity contribution >= 4 is 32.6 Å². The highest BCUT2D eigenvalue weighted by molar-refractivity contribution is 7.91. The van der Waals surface area contributed by atoms with Crippen LogP contribution in [0.25, 0.3) is 11.1 Å². The molecule has 1 saturated heterocycles. The van der Waals surface area contributed by atoms with Crippen molar-refractivity contribution < 1.29 is 17.8 Å². The summed E-state index contributed by atoms with van der Waals surface area (Å²) < 4.78 is 28.1. The van der Waals surface area contributed by atoms with Crippen molar-refractivity contribution in [3.63, 3.8) is 0 Å². The maximum atomic E-state index is 11.4. The van der Waals surface area contributed by atoms with Crippen molar-refractivity contribution in [1.82, 2.24) is 4.98 Å². The summed E-state index contributed by atoms with van der Waals surface area (Å²) in [5.74, 6) is 0.435. The minimum absolute atomic E-state index is 0.0411. The number of hydrogen-bond donors (Lipinski definition) is 1. The lowest BCUT2D eigenvalue weighted by Crippen LogP contribution is -2.15. The Balaban J connectivity index is 1.71. The molecule has 0 spiro atoms. The molecule has 9 heteroatoms. The molecule has 0 bridgehead atoms. The van der Waals surface area contributed by atoms with E-state index in [0.29, 0.717) is 24.1 Å². The molecule has 1 aliphatic heterocycles. The Labute approximate surface area is 120 Å². The van der Waals surface area contributed by atoms with Gasteiger partial charge in [0.1, 0.15) is 5.52 Å². The number of nitrogens with zero attached hydrogens (tertiary/aromatic N) is 2. The lowest BCUT2D eigenvalue weighted by atomic mass is 10.1. The summed E-state index contributed by atoms with van der Waals surface area (Å²) in [4.78, 5) is 14.3. The first kappa shape index (κ1) is 13.8. The molecule has 1 aliphatic rings. The van der Waals surface area contributed by atoms with Gasteiger partial charge in [0, 0.05) is 18.7 Å². The summed E-state index contributed by atoms with van der Waals surface area (Å²) in [6.07, 6.45) is 0.626. The fraction of sp³-hybridized carbons (Fsp3) is 0.417. The SMILES string of the molecule is O=[N+]([O-])c1ccc2oc(NCC3CCS(=O)(=O)C3)nc2c1. The van der Waals surface area contributed by atoms with E-state index in [0.717, 1.165) is 0 Å². The molecule has 21 heavy (non-hydrogen) atoms. The smallest absolute Gasteiger partial charge is 0.295 e. The van der Waals surface area contributed by atoms with Crippen LogP contribution < -0.4 is 5.32 Å². The van der Waals surface area contributed by atoms with Gasteiger partial charge in [-0.1, -0.05) is 0 Å². The van der Waals surface area contributed by atoms with Gasteiger partial charge in [-0.05, 0) is 18.4 Å². The molecule has 1 N–H and O–H groups in total. The predicted molar refractivity (Wildman–Crippen MR) is 75.9 cm³/mol. The molecule has 112 valence electrons. The first-order valence-electron chi connectivity index (χ1n) is 6.42. The molecule has 0 radical (unpaired) electrons. The Morgan fingerprint density at radius 1 is 1.48 bits per heavy atom. The third-order valence-electron chi connectivity index (χ3n) is 3.45. The molecule has 1 fully saturated rings. The van der Waals surface area contributed by atoms with Gasteiger partial charge in [0.05, 0.1) is 16.4 Å². The third-order valence-corrected chi connectivity index (χ3v) is 5.29. The molecule has 8 nitrogen and oxygen atoms in total. The number of anilines is 1. The van der Waals surface area contributed by atoms with Gasteiger partial charge >= 0.3 is 0 Å². The Bertz CT molecular complexity index is 798. The van der Waals surface area contributed by atoms with Crippen molar-refractivity contribution in [3.05, 3.63) is 28.3 Å². The summed E-state index contributed by atoms with van der Waals surface area (Å²) in [6, 6.07) is 4.42. The lowest BCUT2D eigenvalue weighted by molar-refractivity contribution is -0.384. The van der Waals surface area contributed by atoms with Crippen LogP contribution in [0.15, 0.2) is 22.6 Å². The molecule has 0 amide bonds. The van der Waals surface area contributed by atoms with Gasteiger partial charge in [0.2, 0.25) is 0 Å². The molecule has 2 heterocycles.